The summed E-state index contributed by atoms with van der Waals surface area (Å²) in [5.41, 5.74) is 2.12. The van der Waals surface area contributed by atoms with Crippen LogP contribution < -0.4 is 9.82 Å². The van der Waals surface area contributed by atoms with Crippen LogP contribution in [-0.4, -0.2) is 38.9 Å². The fourth-order valence-corrected chi connectivity index (χ4v) is 4.20. The molecule has 28 heavy (non-hydrogen) atoms. The lowest BCUT2D eigenvalue weighted by Gasteiger charge is -2.24. The minimum Gasteiger partial charge on any atom is -0.466 e. The van der Waals surface area contributed by atoms with Crippen LogP contribution in [0.15, 0.2) is 18.2 Å². The normalized spacial score (nSPS) is 14.8. The maximum atomic E-state index is 13.0. The van der Waals surface area contributed by atoms with E-state index in [2.05, 4.69) is 32.8 Å². The molecule has 0 aliphatic heterocycles. The standard InChI is InChI=1S/C20H34NO6P/c1-8-25-20(22)16(6)21-28(23,13-24-7)27-12-26-19-17(14(2)3)10-9-11-18(19)15(4)5/h9-11,14-16H,8,12-13H2,1-7H3,(H,21,23)/t16-,28?/m0/s1. The fourth-order valence-electron chi connectivity index (χ4n) is 2.72. The van der Waals surface area contributed by atoms with Crippen molar-refractivity contribution in [3.05, 3.63) is 29.3 Å². The van der Waals surface area contributed by atoms with Gasteiger partial charge in [-0.3, -0.25) is 13.9 Å². The van der Waals surface area contributed by atoms with Crippen LogP contribution in [0.2, 0.25) is 0 Å². The number of carbonyl (C=O) groups is 1. The van der Waals surface area contributed by atoms with Gasteiger partial charge in [-0.1, -0.05) is 45.9 Å². The van der Waals surface area contributed by atoms with Crippen LogP contribution in [0.5, 0.6) is 5.75 Å². The number of rotatable bonds is 12. The molecule has 0 aliphatic carbocycles. The molecule has 0 aromatic heterocycles. The molecule has 2 atom stereocenters. The van der Waals surface area contributed by atoms with Gasteiger partial charge >= 0.3 is 5.97 Å². The van der Waals surface area contributed by atoms with E-state index in [0.717, 1.165) is 16.9 Å². The van der Waals surface area contributed by atoms with E-state index in [9.17, 15) is 9.36 Å². The van der Waals surface area contributed by atoms with E-state index in [1.165, 1.54) is 7.11 Å². The minimum absolute atomic E-state index is 0.191. The molecular weight excluding hydrogens is 381 g/mol. The first-order valence-electron chi connectivity index (χ1n) is 9.57. The maximum Gasteiger partial charge on any atom is 0.323 e. The molecule has 0 amide bonds. The van der Waals surface area contributed by atoms with Crippen LogP contribution in [0.25, 0.3) is 0 Å². The molecule has 0 radical (unpaired) electrons. The monoisotopic (exact) mass is 415 g/mol. The van der Waals surface area contributed by atoms with Gasteiger partial charge in [0.2, 0.25) is 0 Å². The summed E-state index contributed by atoms with van der Waals surface area (Å²) in [6.07, 6.45) is -0.191. The Bertz CT molecular complexity index is 650. The highest BCUT2D eigenvalue weighted by Crippen LogP contribution is 2.43. The zero-order valence-electron chi connectivity index (χ0n) is 18.0. The summed E-state index contributed by atoms with van der Waals surface area (Å²) >= 11 is 0. The molecule has 1 aromatic rings. The first-order chi connectivity index (χ1) is 13.1. The summed E-state index contributed by atoms with van der Waals surface area (Å²) in [5, 5.41) is 2.69. The summed E-state index contributed by atoms with van der Waals surface area (Å²) in [6.45, 7) is 11.6. The maximum absolute atomic E-state index is 13.0. The molecule has 1 rings (SSSR count). The lowest BCUT2D eigenvalue weighted by atomic mass is 9.94. The van der Waals surface area contributed by atoms with Crippen molar-refractivity contribution in [3.8, 4) is 5.75 Å². The Kier molecular flexibility index (Phi) is 10.2. The van der Waals surface area contributed by atoms with Crippen LogP contribution in [0.3, 0.4) is 0 Å². The van der Waals surface area contributed by atoms with Crippen molar-refractivity contribution in [3.63, 3.8) is 0 Å². The Labute approximate surface area is 168 Å². The average Bonchev–Trinajstić information content (AvgIpc) is 2.61. The SMILES string of the molecule is CCOC(=O)[C@H](C)NP(=O)(COC)OCOc1c(C(C)C)cccc1C(C)C. The van der Waals surface area contributed by atoms with Gasteiger partial charge in [-0.15, -0.1) is 0 Å². The van der Waals surface area contributed by atoms with Gasteiger partial charge in [-0.2, -0.15) is 0 Å². The van der Waals surface area contributed by atoms with Crippen molar-refractivity contribution in [2.45, 2.75) is 59.4 Å². The number of esters is 1. The number of nitrogens with one attached hydrogen (secondary N) is 1. The van der Waals surface area contributed by atoms with E-state index in [0.29, 0.717) is 0 Å². The Balaban J connectivity index is 2.91. The van der Waals surface area contributed by atoms with Crippen molar-refractivity contribution < 1.29 is 28.1 Å². The molecule has 8 heteroatoms. The van der Waals surface area contributed by atoms with E-state index < -0.39 is 19.5 Å². The molecule has 1 unspecified atom stereocenters. The molecule has 0 spiro atoms. The van der Waals surface area contributed by atoms with Crippen molar-refractivity contribution in [2.24, 2.45) is 0 Å². The van der Waals surface area contributed by atoms with Gasteiger partial charge in [-0.25, -0.2) is 5.09 Å². The van der Waals surface area contributed by atoms with Gasteiger partial charge in [-0.05, 0) is 36.8 Å². The van der Waals surface area contributed by atoms with E-state index in [-0.39, 0.29) is 31.6 Å². The van der Waals surface area contributed by atoms with Gasteiger partial charge in [0, 0.05) is 7.11 Å². The quantitative estimate of drug-likeness (QED) is 0.303. The van der Waals surface area contributed by atoms with E-state index in [4.69, 9.17) is 18.7 Å². The third kappa shape index (κ3) is 7.21. The molecule has 0 aliphatic rings. The molecular formula is C20H34NO6P. The van der Waals surface area contributed by atoms with Gasteiger partial charge in [0.15, 0.2) is 6.79 Å². The first kappa shape index (κ1) is 24.6. The predicted molar refractivity (Wildman–Crippen MR) is 110 cm³/mol. The van der Waals surface area contributed by atoms with Crippen LogP contribution >= 0.6 is 7.52 Å². The van der Waals surface area contributed by atoms with Crippen molar-refractivity contribution >= 4 is 13.5 Å². The fraction of sp³-hybridized carbons (Fsp3) is 0.650. The number of para-hydroxylation sites is 1. The highest BCUT2D eigenvalue weighted by Gasteiger charge is 2.29. The molecule has 0 fully saturated rings. The minimum atomic E-state index is -3.47. The van der Waals surface area contributed by atoms with E-state index in [1.54, 1.807) is 13.8 Å². The van der Waals surface area contributed by atoms with Crippen LogP contribution in [0.4, 0.5) is 0 Å². The highest BCUT2D eigenvalue weighted by molar-refractivity contribution is 7.56. The van der Waals surface area contributed by atoms with Crippen LogP contribution in [0.1, 0.15) is 64.5 Å². The van der Waals surface area contributed by atoms with E-state index >= 15 is 0 Å². The number of benzene rings is 1. The molecule has 1 N–H and O–H groups in total. The number of carbonyl (C=O) groups excluding carboxylic acids is 1. The number of ether oxygens (including phenoxy) is 3. The summed E-state index contributed by atoms with van der Waals surface area (Å²) in [6, 6.07) is 5.25. The molecule has 0 heterocycles. The number of hydrogen-bond acceptors (Lipinski definition) is 6. The van der Waals surface area contributed by atoms with Crippen molar-refractivity contribution in [2.75, 3.05) is 26.9 Å². The van der Waals surface area contributed by atoms with Gasteiger partial charge < -0.3 is 14.2 Å². The molecule has 1 aromatic carbocycles. The van der Waals surface area contributed by atoms with Gasteiger partial charge in [0.25, 0.3) is 7.52 Å². The largest absolute Gasteiger partial charge is 0.466 e. The molecule has 0 saturated heterocycles. The lowest BCUT2D eigenvalue weighted by molar-refractivity contribution is -0.144. The first-order valence-corrected chi connectivity index (χ1v) is 11.4. The zero-order valence-corrected chi connectivity index (χ0v) is 18.9. The van der Waals surface area contributed by atoms with Crippen molar-refractivity contribution in [1.82, 2.24) is 5.09 Å². The summed E-state index contributed by atoms with van der Waals surface area (Å²) in [4.78, 5) is 11.8. The number of hydrogen-bond donors (Lipinski definition) is 1. The summed E-state index contributed by atoms with van der Waals surface area (Å²) < 4.78 is 34.4. The van der Waals surface area contributed by atoms with Crippen LogP contribution in [0, 0.1) is 0 Å². The lowest BCUT2D eigenvalue weighted by Crippen LogP contribution is -2.35. The summed E-state index contributed by atoms with van der Waals surface area (Å²) in [7, 11) is -2.05. The third-order valence-electron chi connectivity index (χ3n) is 4.11. The predicted octanol–water partition coefficient (Wildman–Crippen LogP) is 4.62. The van der Waals surface area contributed by atoms with Crippen LogP contribution in [-0.2, 0) is 23.4 Å². The zero-order chi connectivity index (χ0) is 21.3. The smallest absolute Gasteiger partial charge is 0.323 e. The highest BCUT2D eigenvalue weighted by atomic mass is 31.2. The topological polar surface area (TPSA) is 83.1 Å². The Morgan fingerprint density at radius 3 is 2.14 bits per heavy atom. The Morgan fingerprint density at radius 2 is 1.68 bits per heavy atom. The average molecular weight is 415 g/mol. The van der Waals surface area contributed by atoms with Crippen molar-refractivity contribution in [1.29, 1.82) is 0 Å². The third-order valence-corrected chi connectivity index (χ3v) is 6.02. The van der Waals surface area contributed by atoms with Gasteiger partial charge in [0.1, 0.15) is 18.1 Å². The molecule has 0 bridgehead atoms. The number of methoxy groups -OCH3 is 1. The molecule has 160 valence electrons. The second kappa shape index (κ2) is 11.6. The second-order valence-corrected chi connectivity index (χ2v) is 9.28. The van der Waals surface area contributed by atoms with Gasteiger partial charge in [0.05, 0.1) is 6.61 Å². The Morgan fingerprint density at radius 1 is 1.11 bits per heavy atom. The van der Waals surface area contributed by atoms with E-state index in [1.807, 2.05) is 18.2 Å². The molecule has 7 nitrogen and oxygen atoms in total. The Hall–Kier alpha value is -1.40. The molecule has 0 saturated carbocycles. The summed E-state index contributed by atoms with van der Waals surface area (Å²) in [5.74, 6) is 0.772. The second-order valence-electron chi connectivity index (χ2n) is 7.16.